The first kappa shape index (κ1) is 17.0. The average Bonchev–Trinajstić information content (AvgIpc) is 2.73. The van der Waals surface area contributed by atoms with Gasteiger partial charge in [-0.2, -0.15) is 0 Å². The number of aryl methyl sites for hydroxylation is 3. The Morgan fingerprint density at radius 1 is 0.556 bits per heavy atom. The van der Waals surface area contributed by atoms with Crippen molar-refractivity contribution in [1.29, 1.82) is 0 Å². The predicted molar refractivity (Wildman–Crippen MR) is 107 cm³/mol. The molecular formula is C23H20N4. The SMILES string of the molecule is Cc1ccnc(-c2cc(CCc3ccnc(-c4ccccn4)c3)ccn2)c1. The number of pyridine rings is 4. The van der Waals surface area contributed by atoms with Gasteiger partial charge < -0.3 is 0 Å². The van der Waals surface area contributed by atoms with Gasteiger partial charge in [0.1, 0.15) is 0 Å². The first-order valence-corrected chi connectivity index (χ1v) is 9.02. The largest absolute Gasteiger partial charge is 0.255 e. The van der Waals surface area contributed by atoms with Crippen LogP contribution in [0.2, 0.25) is 0 Å². The highest BCUT2D eigenvalue weighted by Crippen LogP contribution is 2.19. The highest BCUT2D eigenvalue weighted by atomic mass is 14.8. The highest BCUT2D eigenvalue weighted by Gasteiger charge is 2.05. The van der Waals surface area contributed by atoms with Crippen LogP contribution in [0.25, 0.3) is 22.8 Å². The average molecular weight is 352 g/mol. The molecule has 4 heterocycles. The van der Waals surface area contributed by atoms with Crippen LogP contribution in [0, 0.1) is 6.92 Å². The van der Waals surface area contributed by atoms with E-state index in [4.69, 9.17) is 0 Å². The van der Waals surface area contributed by atoms with Crippen LogP contribution in [0.3, 0.4) is 0 Å². The maximum Gasteiger partial charge on any atom is 0.0888 e. The molecule has 0 fully saturated rings. The summed E-state index contributed by atoms with van der Waals surface area (Å²) in [5.74, 6) is 0. The van der Waals surface area contributed by atoms with Gasteiger partial charge in [-0.05, 0) is 85.0 Å². The molecule has 0 radical (unpaired) electrons. The molecule has 4 heteroatoms. The molecule has 0 bridgehead atoms. The number of aromatic nitrogens is 4. The zero-order valence-electron chi connectivity index (χ0n) is 15.2. The van der Waals surface area contributed by atoms with Crippen molar-refractivity contribution in [2.24, 2.45) is 0 Å². The topological polar surface area (TPSA) is 51.6 Å². The summed E-state index contributed by atoms with van der Waals surface area (Å²) in [7, 11) is 0. The zero-order valence-corrected chi connectivity index (χ0v) is 15.2. The van der Waals surface area contributed by atoms with Crippen LogP contribution in [0.5, 0.6) is 0 Å². The minimum atomic E-state index is 0.899. The fraction of sp³-hybridized carbons (Fsp3) is 0.130. The molecule has 0 aliphatic carbocycles. The summed E-state index contributed by atoms with van der Waals surface area (Å²) >= 11 is 0. The van der Waals surface area contributed by atoms with Gasteiger partial charge in [0.2, 0.25) is 0 Å². The van der Waals surface area contributed by atoms with Gasteiger partial charge >= 0.3 is 0 Å². The summed E-state index contributed by atoms with van der Waals surface area (Å²) in [4.78, 5) is 17.7. The Labute approximate surface area is 159 Å². The molecule has 0 aliphatic rings. The van der Waals surface area contributed by atoms with E-state index in [1.165, 1.54) is 16.7 Å². The third-order valence-electron chi connectivity index (χ3n) is 4.46. The zero-order chi connectivity index (χ0) is 18.5. The van der Waals surface area contributed by atoms with E-state index in [1.54, 1.807) is 6.20 Å². The lowest BCUT2D eigenvalue weighted by molar-refractivity contribution is 0.951. The van der Waals surface area contributed by atoms with Crippen molar-refractivity contribution in [3.05, 3.63) is 96.1 Å². The quantitative estimate of drug-likeness (QED) is 0.523. The second kappa shape index (κ2) is 7.87. The third kappa shape index (κ3) is 4.23. The molecule has 0 spiro atoms. The lowest BCUT2D eigenvalue weighted by Gasteiger charge is -2.07. The molecule has 132 valence electrons. The van der Waals surface area contributed by atoms with Crippen LogP contribution in [0.1, 0.15) is 16.7 Å². The van der Waals surface area contributed by atoms with Crippen molar-refractivity contribution >= 4 is 0 Å². The van der Waals surface area contributed by atoms with E-state index in [-0.39, 0.29) is 0 Å². The van der Waals surface area contributed by atoms with E-state index >= 15 is 0 Å². The smallest absolute Gasteiger partial charge is 0.0888 e. The maximum absolute atomic E-state index is 4.48. The molecule has 4 nitrogen and oxygen atoms in total. The predicted octanol–water partition coefficient (Wildman–Crippen LogP) is 4.69. The molecule has 27 heavy (non-hydrogen) atoms. The molecule has 0 atom stereocenters. The fourth-order valence-corrected chi connectivity index (χ4v) is 3.02. The van der Waals surface area contributed by atoms with Crippen LogP contribution >= 0.6 is 0 Å². The van der Waals surface area contributed by atoms with Crippen molar-refractivity contribution in [3.63, 3.8) is 0 Å². The Morgan fingerprint density at radius 3 is 1.70 bits per heavy atom. The monoisotopic (exact) mass is 352 g/mol. The lowest BCUT2D eigenvalue weighted by atomic mass is 10.0. The van der Waals surface area contributed by atoms with Gasteiger partial charge in [-0.15, -0.1) is 0 Å². The molecule has 4 rings (SSSR count). The van der Waals surface area contributed by atoms with E-state index in [0.717, 1.165) is 35.6 Å². The number of hydrogen-bond acceptors (Lipinski definition) is 4. The Morgan fingerprint density at radius 2 is 1.11 bits per heavy atom. The van der Waals surface area contributed by atoms with Gasteiger partial charge in [0, 0.05) is 24.8 Å². The maximum atomic E-state index is 4.48. The summed E-state index contributed by atoms with van der Waals surface area (Å²) in [5.41, 5.74) is 7.32. The summed E-state index contributed by atoms with van der Waals surface area (Å²) in [6.45, 7) is 2.07. The summed E-state index contributed by atoms with van der Waals surface area (Å²) in [6, 6.07) is 18.3. The van der Waals surface area contributed by atoms with Crippen LogP contribution in [0.15, 0.2) is 79.4 Å². The Bertz CT molecular complexity index is 1040. The fourth-order valence-electron chi connectivity index (χ4n) is 3.02. The van der Waals surface area contributed by atoms with E-state index < -0.39 is 0 Å². The normalized spacial score (nSPS) is 10.7. The van der Waals surface area contributed by atoms with Gasteiger partial charge in [-0.1, -0.05) is 6.07 Å². The van der Waals surface area contributed by atoms with Crippen LogP contribution in [0.4, 0.5) is 0 Å². The standard InChI is InChI=1S/C23H20N4/c1-17-7-11-25-21(14-17)23-16-19(9-13-27-23)6-5-18-8-12-26-22(15-18)20-4-2-3-10-24-20/h2-4,7-16H,5-6H2,1H3. The van der Waals surface area contributed by atoms with Gasteiger partial charge in [-0.25, -0.2) is 0 Å². The van der Waals surface area contributed by atoms with Crippen LogP contribution in [-0.2, 0) is 12.8 Å². The van der Waals surface area contributed by atoms with Crippen molar-refractivity contribution in [1.82, 2.24) is 19.9 Å². The molecule has 0 amide bonds. The molecular weight excluding hydrogens is 332 g/mol. The molecule has 0 aromatic carbocycles. The van der Waals surface area contributed by atoms with Gasteiger partial charge in [-0.3, -0.25) is 19.9 Å². The molecule has 4 aromatic rings. The van der Waals surface area contributed by atoms with E-state index in [2.05, 4.69) is 57.2 Å². The molecule has 0 saturated carbocycles. The van der Waals surface area contributed by atoms with Crippen molar-refractivity contribution < 1.29 is 0 Å². The van der Waals surface area contributed by atoms with Crippen molar-refractivity contribution in [2.75, 3.05) is 0 Å². The number of hydrogen-bond donors (Lipinski definition) is 0. The molecule has 0 aliphatic heterocycles. The van der Waals surface area contributed by atoms with Gasteiger partial charge in [0.25, 0.3) is 0 Å². The molecule has 0 N–H and O–H groups in total. The van der Waals surface area contributed by atoms with Crippen molar-refractivity contribution in [2.45, 2.75) is 19.8 Å². The highest BCUT2D eigenvalue weighted by molar-refractivity contribution is 5.56. The first-order valence-electron chi connectivity index (χ1n) is 9.02. The van der Waals surface area contributed by atoms with Gasteiger partial charge in [0.15, 0.2) is 0 Å². The number of nitrogens with zero attached hydrogens (tertiary/aromatic N) is 4. The summed E-state index contributed by atoms with van der Waals surface area (Å²) < 4.78 is 0. The van der Waals surface area contributed by atoms with E-state index in [0.29, 0.717) is 0 Å². The van der Waals surface area contributed by atoms with Crippen LogP contribution < -0.4 is 0 Å². The van der Waals surface area contributed by atoms with E-state index in [1.807, 2.05) is 42.9 Å². The Balaban J connectivity index is 1.50. The van der Waals surface area contributed by atoms with Crippen LogP contribution in [-0.4, -0.2) is 19.9 Å². The summed E-state index contributed by atoms with van der Waals surface area (Å²) in [5, 5.41) is 0. The lowest BCUT2D eigenvalue weighted by Crippen LogP contribution is -1.96. The first-order chi connectivity index (χ1) is 13.3. The third-order valence-corrected chi connectivity index (χ3v) is 4.46. The minimum absolute atomic E-state index is 0.899. The van der Waals surface area contributed by atoms with Gasteiger partial charge in [0.05, 0.1) is 22.8 Å². The Hall–Kier alpha value is -3.40. The second-order valence-corrected chi connectivity index (χ2v) is 6.53. The second-order valence-electron chi connectivity index (χ2n) is 6.53. The molecule has 0 saturated heterocycles. The summed E-state index contributed by atoms with van der Waals surface area (Å²) in [6.07, 6.45) is 9.21. The number of rotatable bonds is 5. The Kier molecular flexibility index (Phi) is 4.97. The molecule has 0 unspecified atom stereocenters. The minimum Gasteiger partial charge on any atom is -0.255 e. The van der Waals surface area contributed by atoms with Crippen molar-refractivity contribution in [3.8, 4) is 22.8 Å². The van der Waals surface area contributed by atoms with E-state index in [9.17, 15) is 0 Å². The molecule has 4 aromatic heterocycles.